The van der Waals surface area contributed by atoms with Gasteiger partial charge in [0.25, 0.3) is 10.9 Å². The zero-order valence-corrected chi connectivity index (χ0v) is 17.3. The lowest BCUT2D eigenvalue weighted by atomic mass is 10.1. The van der Waals surface area contributed by atoms with Crippen molar-refractivity contribution in [2.24, 2.45) is 5.14 Å². The van der Waals surface area contributed by atoms with Crippen molar-refractivity contribution in [3.05, 3.63) is 86.9 Å². The number of phenolic OH excluding ortho intramolecular Hbond substituents is 1. The molecule has 4 aromatic rings. The molecular formula is C21H17N5O5S. The zero-order valence-electron chi connectivity index (χ0n) is 16.4. The van der Waals surface area contributed by atoms with Crippen LogP contribution in [0.3, 0.4) is 0 Å². The highest BCUT2D eigenvalue weighted by atomic mass is 32.2. The van der Waals surface area contributed by atoms with Gasteiger partial charge in [0.05, 0.1) is 10.5 Å². The van der Waals surface area contributed by atoms with Gasteiger partial charge in [0.15, 0.2) is 5.82 Å². The largest absolute Gasteiger partial charge is 0.507 e. The number of sulfonamides is 1. The Morgan fingerprint density at radius 3 is 2.38 bits per heavy atom. The molecule has 1 aromatic heterocycles. The molecule has 0 amide bonds. The van der Waals surface area contributed by atoms with E-state index in [0.717, 1.165) is 0 Å². The molecule has 162 valence electrons. The Morgan fingerprint density at radius 1 is 0.938 bits per heavy atom. The second-order valence-electron chi connectivity index (χ2n) is 6.88. The van der Waals surface area contributed by atoms with Crippen LogP contribution in [0, 0.1) is 0 Å². The van der Waals surface area contributed by atoms with E-state index >= 15 is 0 Å². The van der Waals surface area contributed by atoms with Crippen molar-refractivity contribution in [2.75, 3.05) is 10.6 Å². The molecule has 10 nitrogen and oxygen atoms in total. The van der Waals surface area contributed by atoms with Gasteiger partial charge < -0.3 is 15.7 Å². The number of nitrogens with two attached hydrogens (primary N) is 1. The number of aromatic nitrogens is 2. The Bertz CT molecular complexity index is 1480. The summed E-state index contributed by atoms with van der Waals surface area (Å²) in [5, 5.41) is 21.0. The van der Waals surface area contributed by atoms with Crippen molar-refractivity contribution >= 4 is 27.1 Å². The molecule has 0 radical (unpaired) electrons. The topological polar surface area (TPSA) is 164 Å². The molecular weight excluding hydrogens is 434 g/mol. The first-order chi connectivity index (χ1) is 15.2. The van der Waals surface area contributed by atoms with Crippen LogP contribution in [0.2, 0.25) is 0 Å². The lowest BCUT2D eigenvalue weighted by Gasteiger charge is -2.16. The molecule has 0 saturated heterocycles. The van der Waals surface area contributed by atoms with E-state index in [1.807, 2.05) is 0 Å². The van der Waals surface area contributed by atoms with Crippen LogP contribution in [-0.4, -0.2) is 23.5 Å². The Morgan fingerprint density at radius 2 is 1.66 bits per heavy atom. The Kier molecular flexibility index (Phi) is 5.43. The number of hydrogen-bond acceptors (Lipinski definition) is 9. The smallest absolute Gasteiger partial charge is 0.253 e. The van der Waals surface area contributed by atoms with Gasteiger partial charge in [-0.2, -0.15) is 0 Å². The van der Waals surface area contributed by atoms with E-state index in [1.165, 1.54) is 42.7 Å². The van der Waals surface area contributed by atoms with Crippen molar-refractivity contribution in [3.8, 4) is 17.1 Å². The number of nitrogens with zero attached hydrogens (tertiary/aromatic N) is 2. The number of aromatic hydroxyl groups is 1. The second-order valence-corrected chi connectivity index (χ2v) is 8.44. The number of anilines is 3. The molecule has 0 aliphatic rings. The summed E-state index contributed by atoms with van der Waals surface area (Å²) in [6.45, 7) is 0.0988. The lowest BCUT2D eigenvalue weighted by molar-refractivity contribution is 0.477. The second kappa shape index (κ2) is 8.21. The van der Waals surface area contributed by atoms with Crippen molar-refractivity contribution in [1.29, 1.82) is 0 Å². The first-order valence-electron chi connectivity index (χ1n) is 9.30. The standard InChI is InChI=1S/C21H17N5O5S/c22-32(30,31)14-4-1-3-12(9-14)11-25-17-18(20(29)19(17)28)26-13-5-6-16(27)15(10-13)21-23-7-2-8-24-21/h1-10,25-27H,11H2,(H2,22,30,31). The average molecular weight is 451 g/mol. The first-order valence-corrected chi connectivity index (χ1v) is 10.8. The van der Waals surface area contributed by atoms with Gasteiger partial charge >= 0.3 is 0 Å². The van der Waals surface area contributed by atoms with Crippen LogP contribution in [0.25, 0.3) is 11.4 Å². The molecule has 5 N–H and O–H groups in total. The van der Waals surface area contributed by atoms with E-state index in [0.29, 0.717) is 22.6 Å². The van der Waals surface area contributed by atoms with Crippen LogP contribution in [0.1, 0.15) is 5.56 Å². The summed E-state index contributed by atoms with van der Waals surface area (Å²) >= 11 is 0. The van der Waals surface area contributed by atoms with Crippen LogP contribution in [0.15, 0.2) is 75.4 Å². The van der Waals surface area contributed by atoms with Crippen molar-refractivity contribution in [1.82, 2.24) is 9.97 Å². The van der Waals surface area contributed by atoms with E-state index in [1.54, 1.807) is 18.2 Å². The number of benzene rings is 2. The lowest BCUT2D eigenvalue weighted by Crippen LogP contribution is -2.36. The fraction of sp³-hybridized carbons (Fsp3) is 0.0476. The summed E-state index contributed by atoms with van der Waals surface area (Å²) in [6.07, 6.45) is 3.07. The Balaban J connectivity index is 1.56. The fourth-order valence-electron chi connectivity index (χ4n) is 3.08. The summed E-state index contributed by atoms with van der Waals surface area (Å²) in [6, 6.07) is 12.1. The molecule has 4 rings (SSSR count). The normalized spacial score (nSPS) is 11.4. The van der Waals surface area contributed by atoms with E-state index in [2.05, 4.69) is 20.6 Å². The molecule has 0 bridgehead atoms. The van der Waals surface area contributed by atoms with Crippen molar-refractivity contribution in [3.63, 3.8) is 0 Å². The molecule has 0 aliphatic carbocycles. The van der Waals surface area contributed by atoms with Gasteiger partial charge in [-0.05, 0) is 42.0 Å². The number of primary sulfonamides is 1. The quantitative estimate of drug-likeness (QED) is 0.240. The van der Waals surface area contributed by atoms with Crippen LogP contribution in [0.4, 0.5) is 17.1 Å². The highest BCUT2D eigenvalue weighted by Crippen LogP contribution is 2.31. The van der Waals surface area contributed by atoms with Crippen LogP contribution in [0.5, 0.6) is 5.75 Å². The summed E-state index contributed by atoms with van der Waals surface area (Å²) < 4.78 is 23.0. The molecule has 0 unspecified atom stereocenters. The third-order valence-corrected chi connectivity index (χ3v) is 5.59. The van der Waals surface area contributed by atoms with Gasteiger partial charge in [-0.25, -0.2) is 23.5 Å². The third kappa shape index (κ3) is 4.19. The van der Waals surface area contributed by atoms with Gasteiger partial charge in [0.2, 0.25) is 10.0 Å². The molecule has 0 spiro atoms. The monoisotopic (exact) mass is 451 g/mol. The molecule has 0 fully saturated rings. The number of phenols is 1. The van der Waals surface area contributed by atoms with Gasteiger partial charge in [-0.3, -0.25) is 9.59 Å². The van der Waals surface area contributed by atoms with Gasteiger partial charge in [-0.1, -0.05) is 12.1 Å². The summed E-state index contributed by atoms with van der Waals surface area (Å²) in [4.78, 5) is 32.3. The van der Waals surface area contributed by atoms with Crippen LogP contribution < -0.4 is 26.6 Å². The van der Waals surface area contributed by atoms with Crippen LogP contribution in [-0.2, 0) is 16.6 Å². The maximum absolute atomic E-state index is 12.1. The Labute approximate surface area is 182 Å². The highest BCUT2D eigenvalue weighted by Gasteiger charge is 2.21. The minimum absolute atomic E-state index is 0.0418. The zero-order chi connectivity index (χ0) is 22.9. The predicted molar refractivity (Wildman–Crippen MR) is 119 cm³/mol. The minimum atomic E-state index is -3.86. The van der Waals surface area contributed by atoms with Gasteiger partial charge in [0, 0.05) is 24.6 Å². The van der Waals surface area contributed by atoms with E-state index < -0.39 is 20.9 Å². The first kappa shape index (κ1) is 21.2. The molecule has 32 heavy (non-hydrogen) atoms. The minimum Gasteiger partial charge on any atom is -0.507 e. The maximum atomic E-state index is 12.1. The molecule has 3 aromatic carbocycles. The van der Waals surface area contributed by atoms with E-state index in [9.17, 15) is 23.1 Å². The predicted octanol–water partition coefficient (Wildman–Crippen LogP) is 1.45. The summed E-state index contributed by atoms with van der Waals surface area (Å²) in [5.74, 6) is 0.256. The van der Waals surface area contributed by atoms with Crippen molar-refractivity contribution < 1.29 is 13.5 Å². The summed E-state index contributed by atoms with van der Waals surface area (Å²) in [7, 11) is -3.86. The molecule has 0 saturated carbocycles. The van der Waals surface area contributed by atoms with Crippen molar-refractivity contribution in [2.45, 2.75) is 11.4 Å². The Hall–Kier alpha value is -4.09. The summed E-state index contributed by atoms with van der Waals surface area (Å²) in [5.41, 5.74) is 0.0885. The molecule has 0 atom stereocenters. The van der Waals surface area contributed by atoms with E-state index in [-0.39, 0.29) is 28.6 Å². The maximum Gasteiger partial charge on any atom is 0.253 e. The van der Waals surface area contributed by atoms with Gasteiger partial charge in [-0.15, -0.1) is 0 Å². The highest BCUT2D eigenvalue weighted by molar-refractivity contribution is 7.89. The third-order valence-electron chi connectivity index (χ3n) is 4.68. The average Bonchev–Trinajstić information content (AvgIpc) is 2.79. The number of nitrogens with one attached hydrogen (secondary N) is 2. The SMILES string of the molecule is NS(=O)(=O)c1cccc(CNc2c(Nc3ccc(O)c(-c4ncccn4)c3)c(=O)c2=O)c1. The number of rotatable bonds is 7. The fourth-order valence-corrected chi connectivity index (χ4v) is 3.66. The van der Waals surface area contributed by atoms with Crippen LogP contribution >= 0.6 is 0 Å². The molecule has 1 heterocycles. The van der Waals surface area contributed by atoms with E-state index in [4.69, 9.17) is 5.14 Å². The molecule has 11 heteroatoms. The number of hydrogen-bond donors (Lipinski definition) is 4. The molecule has 0 aliphatic heterocycles. The van der Waals surface area contributed by atoms with Gasteiger partial charge in [0.1, 0.15) is 17.1 Å².